The first-order valence-corrected chi connectivity index (χ1v) is 6.05. The van der Waals surface area contributed by atoms with Gasteiger partial charge in [0, 0.05) is 11.8 Å². The molecule has 0 N–H and O–H groups in total. The molecule has 0 aliphatic heterocycles. The minimum absolute atomic E-state index is 0.0253. The van der Waals surface area contributed by atoms with E-state index in [1.807, 2.05) is 30.3 Å². The zero-order valence-electron chi connectivity index (χ0n) is 8.78. The summed E-state index contributed by atoms with van der Waals surface area (Å²) in [6.07, 6.45) is 0.445. The van der Waals surface area contributed by atoms with Crippen LogP contribution in [0.4, 0.5) is 0 Å². The Morgan fingerprint density at radius 3 is 2.60 bits per heavy atom. The zero-order chi connectivity index (χ0) is 11.1. The van der Waals surface area contributed by atoms with Gasteiger partial charge >= 0.3 is 0 Å². The van der Waals surface area contributed by atoms with Gasteiger partial charge in [0.15, 0.2) is 0 Å². The van der Waals surface area contributed by atoms with Crippen LogP contribution in [0.25, 0.3) is 0 Å². The van der Waals surface area contributed by atoms with E-state index in [0.717, 1.165) is 5.56 Å². The van der Waals surface area contributed by atoms with Gasteiger partial charge in [-0.2, -0.15) is 0 Å². The molecule has 1 rings (SSSR count). The number of rotatable bonds is 6. The van der Waals surface area contributed by atoms with E-state index in [1.165, 1.54) is 0 Å². The summed E-state index contributed by atoms with van der Waals surface area (Å²) >= 11 is 3.34. The number of hydrogen-bond acceptors (Lipinski definition) is 2. The highest BCUT2D eigenvalue weighted by molar-refractivity contribution is 9.09. The third-order valence-electron chi connectivity index (χ3n) is 2.02. The standard InChI is InChI=1S/C12H15BrO2/c1-10(14)7-12(8-13)15-9-11-5-3-2-4-6-11/h2-6,12H,7-9H2,1H3/t12-/m0/s1. The molecule has 1 aromatic carbocycles. The molecule has 15 heavy (non-hydrogen) atoms. The fourth-order valence-corrected chi connectivity index (χ4v) is 1.68. The van der Waals surface area contributed by atoms with E-state index >= 15 is 0 Å². The third-order valence-corrected chi connectivity index (χ3v) is 2.74. The number of ether oxygens (including phenoxy) is 1. The summed E-state index contributed by atoms with van der Waals surface area (Å²) in [5.74, 6) is 0.160. The quantitative estimate of drug-likeness (QED) is 0.743. The summed E-state index contributed by atoms with van der Waals surface area (Å²) in [4.78, 5) is 10.9. The molecule has 0 bridgehead atoms. The van der Waals surface area contributed by atoms with Gasteiger partial charge in [0.1, 0.15) is 5.78 Å². The predicted molar refractivity (Wildman–Crippen MR) is 64.1 cm³/mol. The molecule has 0 aliphatic carbocycles. The van der Waals surface area contributed by atoms with Crippen LogP contribution in [-0.4, -0.2) is 17.2 Å². The monoisotopic (exact) mass is 270 g/mol. The van der Waals surface area contributed by atoms with Crippen LogP contribution >= 0.6 is 15.9 Å². The van der Waals surface area contributed by atoms with Crippen molar-refractivity contribution in [2.45, 2.75) is 26.1 Å². The lowest BCUT2D eigenvalue weighted by Crippen LogP contribution is -2.17. The van der Waals surface area contributed by atoms with Crippen LogP contribution in [0.3, 0.4) is 0 Å². The number of halogens is 1. The van der Waals surface area contributed by atoms with Crippen molar-refractivity contribution in [2.24, 2.45) is 0 Å². The Morgan fingerprint density at radius 1 is 1.40 bits per heavy atom. The molecule has 1 atom stereocenters. The van der Waals surface area contributed by atoms with Crippen molar-refractivity contribution in [3.8, 4) is 0 Å². The second-order valence-corrected chi connectivity index (χ2v) is 4.13. The van der Waals surface area contributed by atoms with Crippen LogP contribution in [0, 0.1) is 0 Å². The maximum atomic E-state index is 10.9. The van der Waals surface area contributed by atoms with Gasteiger partial charge in [-0.25, -0.2) is 0 Å². The van der Waals surface area contributed by atoms with Gasteiger partial charge in [-0.15, -0.1) is 0 Å². The zero-order valence-corrected chi connectivity index (χ0v) is 10.4. The number of Topliss-reactive ketones (excluding diaryl/α,β-unsaturated/α-hetero) is 1. The highest BCUT2D eigenvalue weighted by atomic mass is 79.9. The second-order valence-electron chi connectivity index (χ2n) is 3.48. The molecule has 0 spiro atoms. The number of hydrogen-bond donors (Lipinski definition) is 0. The van der Waals surface area contributed by atoms with Gasteiger partial charge in [0.2, 0.25) is 0 Å². The molecule has 0 amide bonds. The fraction of sp³-hybridized carbons (Fsp3) is 0.417. The van der Waals surface area contributed by atoms with Crippen molar-refractivity contribution in [1.29, 1.82) is 0 Å². The van der Waals surface area contributed by atoms with Gasteiger partial charge in [0.25, 0.3) is 0 Å². The van der Waals surface area contributed by atoms with Gasteiger partial charge < -0.3 is 4.74 Å². The maximum Gasteiger partial charge on any atom is 0.132 e. The molecule has 1 aromatic rings. The summed E-state index contributed by atoms with van der Waals surface area (Å²) in [6.45, 7) is 2.14. The topological polar surface area (TPSA) is 26.3 Å². The van der Waals surface area contributed by atoms with Crippen LogP contribution in [-0.2, 0) is 16.1 Å². The van der Waals surface area contributed by atoms with Crippen molar-refractivity contribution >= 4 is 21.7 Å². The number of ketones is 1. The lowest BCUT2D eigenvalue weighted by Gasteiger charge is -2.13. The fourth-order valence-electron chi connectivity index (χ4n) is 1.27. The van der Waals surface area contributed by atoms with Gasteiger partial charge in [0.05, 0.1) is 12.7 Å². The predicted octanol–water partition coefficient (Wildman–Crippen LogP) is 2.95. The first kappa shape index (κ1) is 12.4. The molecule has 0 heterocycles. The van der Waals surface area contributed by atoms with E-state index in [0.29, 0.717) is 18.4 Å². The van der Waals surface area contributed by atoms with E-state index < -0.39 is 0 Å². The molecule has 0 saturated carbocycles. The summed E-state index contributed by atoms with van der Waals surface area (Å²) in [7, 11) is 0. The van der Waals surface area contributed by atoms with Crippen LogP contribution < -0.4 is 0 Å². The first-order valence-electron chi connectivity index (χ1n) is 4.93. The largest absolute Gasteiger partial charge is 0.372 e. The Hall–Kier alpha value is -0.670. The summed E-state index contributed by atoms with van der Waals surface area (Å²) in [6, 6.07) is 9.96. The molecule has 0 saturated heterocycles. The van der Waals surface area contributed by atoms with E-state index in [9.17, 15) is 4.79 Å². The summed E-state index contributed by atoms with van der Waals surface area (Å²) < 4.78 is 5.62. The number of alkyl halides is 1. The minimum atomic E-state index is -0.0253. The normalized spacial score (nSPS) is 12.4. The molecule has 82 valence electrons. The summed E-state index contributed by atoms with van der Waals surface area (Å²) in [5, 5.41) is 0.694. The minimum Gasteiger partial charge on any atom is -0.372 e. The first-order chi connectivity index (χ1) is 7.22. The van der Waals surface area contributed by atoms with Crippen molar-refractivity contribution in [3.63, 3.8) is 0 Å². The summed E-state index contributed by atoms with van der Waals surface area (Å²) in [5.41, 5.74) is 1.13. The van der Waals surface area contributed by atoms with Crippen LogP contribution in [0.1, 0.15) is 18.9 Å². The Labute approximate surface area is 98.8 Å². The Morgan fingerprint density at radius 2 is 2.07 bits per heavy atom. The van der Waals surface area contributed by atoms with Gasteiger partial charge in [-0.05, 0) is 12.5 Å². The lowest BCUT2D eigenvalue weighted by molar-refractivity contribution is -0.119. The van der Waals surface area contributed by atoms with Crippen molar-refractivity contribution in [2.75, 3.05) is 5.33 Å². The molecule has 0 unspecified atom stereocenters. The van der Waals surface area contributed by atoms with Crippen LogP contribution in [0.2, 0.25) is 0 Å². The molecule has 0 radical (unpaired) electrons. The molecule has 3 heteroatoms. The number of benzene rings is 1. The Bertz CT molecular complexity index is 298. The number of carbonyl (C=O) groups is 1. The molecule has 0 fully saturated rings. The van der Waals surface area contributed by atoms with E-state index in [1.54, 1.807) is 6.92 Å². The molecular formula is C12H15BrO2. The second kappa shape index (κ2) is 6.75. The van der Waals surface area contributed by atoms with E-state index in [4.69, 9.17) is 4.74 Å². The van der Waals surface area contributed by atoms with Crippen molar-refractivity contribution < 1.29 is 9.53 Å². The lowest BCUT2D eigenvalue weighted by atomic mass is 10.2. The van der Waals surface area contributed by atoms with E-state index in [-0.39, 0.29) is 11.9 Å². The molecule has 2 nitrogen and oxygen atoms in total. The van der Waals surface area contributed by atoms with Crippen LogP contribution in [0.5, 0.6) is 0 Å². The molecule has 0 aromatic heterocycles. The van der Waals surface area contributed by atoms with Crippen LogP contribution in [0.15, 0.2) is 30.3 Å². The van der Waals surface area contributed by atoms with Crippen molar-refractivity contribution in [1.82, 2.24) is 0 Å². The van der Waals surface area contributed by atoms with Gasteiger partial charge in [-0.3, -0.25) is 4.79 Å². The molecular weight excluding hydrogens is 256 g/mol. The SMILES string of the molecule is CC(=O)C[C@@H](CBr)OCc1ccccc1. The number of carbonyl (C=O) groups excluding carboxylic acids is 1. The Kier molecular flexibility index (Phi) is 5.58. The highest BCUT2D eigenvalue weighted by Gasteiger charge is 2.10. The average Bonchev–Trinajstić information content (AvgIpc) is 2.25. The van der Waals surface area contributed by atoms with Gasteiger partial charge in [-0.1, -0.05) is 46.3 Å². The smallest absolute Gasteiger partial charge is 0.132 e. The van der Waals surface area contributed by atoms with E-state index in [2.05, 4.69) is 15.9 Å². The third kappa shape index (κ3) is 5.09. The molecule has 0 aliphatic rings. The average molecular weight is 271 g/mol. The van der Waals surface area contributed by atoms with Crippen molar-refractivity contribution in [3.05, 3.63) is 35.9 Å². The maximum absolute atomic E-state index is 10.9. The Balaban J connectivity index is 2.37. The highest BCUT2D eigenvalue weighted by Crippen LogP contribution is 2.08.